The number of thiophene rings is 1. The predicted octanol–water partition coefficient (Wildman–Crippen LogP) is 0.687. The first-order chi connectivity index (χ1) is 8.29. The van der Waals surface area contributed by atoms with Crippen molar-refractivity contribution >= 4 is 27.1 Å². The summed E-state index contributed by atoms with van der Waals surface area (Å²) in [5, 5.41) is 4.70. The van der Waals surface area contributed by atoms with Gasteiger partial charge >= 0.3 is 0 Å². The summed E-state index contributed by atoms with van der Waals surface area (Å²) in [7, 11) is -3.08. The molecule has 0 aliphatic carbocycles. The van der Waals surface area contributed by atoms with Crippen molar-refractivity contribution in [3.05, 3.63) is 22.4 Å². The van der Waals surface area contributed by atoms with E-state index in [1.165, 1.54) is 0 Å². The summed E-state index contributed by atoms with van der Waals surface area (Å²) in [5.41, 5.74) is 5.65. The zero-order valence-electron chi connectivity index (χ0n) is 10.4. The standard InChI is InChI=1S/C11H18N2O3S2/c1-8(10-4-3-6-17-10)13-11(14)9(12)5-7-18(2,15)16/h3-4,6,8-9H,5,7,12H2,1-2H3,(H,13,14). The van der Waals surface area contributed by atoms with Crippen LogP contribution < -0.4 is 11.1 Å². The molecule has 0 aromatic carbocycles. The fourth-order valence-electron chi connectivity index (χ4n) is 1.40. The predicted molar refractivity (Wildman–Crippen MR) is 73.2 cm³/mol. The van der Waals surface area contributed by atoms with Gasteiger partial charge in [0.1, 0.15) is 9.84 Å². The van der Waals surface area contributed by atoms with Crippen LogP contribution in [0.15, 0.2) is 17.5 Å². The van der Waals surface area contributed by atoms with E-state index in [0.717, 1.165) is 11.1 Å². The molecule has 0 aliphatic heterocycles. The number of hydrogen-bond donors (Lipinski definition) is 2. The molecule has 0 bridgehead atoms. The van der Waals surface area contributed by atoms with Gasteiger partial charge in [0.25, 0.3) is 0 Å². The molecule has 3 N–H and O–H groups in total. The molecule has 102 valence electrons. The third kappa shape index (κ3) is 5.16. The number of sulfone groups is 1. The first-order valence-electron chi connectivity index (χ1n) is 5.56. The van der Waals surface area contributed by atoms with Crippen LogP contribution in [0, 0.1) is 0 Å². The first kappa shape index (κ1) is 15.1. The van der Waals surface area contributed by atoms with Crippen molar-refractivity contribution in [1.82, 2.24) is 5.32 Å². The number of hydrogen-bond acceptors (Lipinski definition) is 5. The van der Waals surface area contributed by atoms with Crippen molar-refractivity contribution in [3.63, 3.8) is 0 Å². The highest BCUT2D eigenvalue weighted by molar-refractivity contribution is 7.90. The van der Waals surface area contributed by atoms with E-state index in [9.17, 15) is 13.2 Å². The van der Waals surface area contributed by atoms with Crippen molar-refractivity contribution < 1.29 is 13.2 Å². The SMILES string of the molecule is CC(NC(=O)C(N)CCS(C)(=O)=O)c1cccs1. The zero-order valence-corrected chi connectivity index (χ0v) is 12.1. The van der Waals surface area contributed by atoms with Crippen molar-refractivity contribution in [1.29, 1.82) is 0 Å². The Balaban J connectivity index is 2.45. The number of rotatable bonds is 6. The van der Waals surface area contributed by atoms with Crippen LogP contribution >= 0.6 is 11.3 Å². The maximum absolute atomic E-state index is 11.7. The molecule has 2 atom stereocenters. The maximum Gasteiger partial charge on any atom is 0.237 e. The average molecular weight is 290 g/mol. The Labute approximate surface area is 111 Å². The third-order valence-corrected chi connectivity index (χ3v) is 4.50. The summed E-state index contributed by atoms with van der Waals surface area (Å²) < 4.78 is 22.0. The normalized spacial score (nSPS) is 15.1. The molecular weight excluding hydrogens is 272 g/mol. The lowest BCUT2D eigenvalue weighted by Crippen LogP contribution is -2.42. The van der Waals surface area contributed by atoms with Crippen LogP contribution in [0.5, 0.6) is 0 Å². The van der Waals surface area contributed by atoms with Gasteiger partial charge in [-0.15, -0.1) is 11.3 Å². The molecule has 1 heterocycles. The van der Waals surface area contributed by atoms with Gasteiger partial charge in [0.05, 0.1) is 17.8 Å². The molecule has 1 rings (SSSR count). The van der Waals surface area contributed by atoms with E-state index in [4.69, 9.17) is 5.73 Å². The molecule has 0 fully saturated rings. The zero-order chi connectivity index (χ0) is 13.8. The second-order valence-corrected chi connectivity index (χ2v) is 7.51. The lowest BCUT2D eigenvalue weighted by atomic mass is 10.2. The molecule has 0 saturated carbocycles. The summed E-state index contributed by atoms with van der Waals surface area (Å²) in [5.74, 6) is -0.394. The molecule has 18 heavy (non-hydrogen) atoms. The molecule has 0 radical (unpaired) electrons. The van der Waals surface area contributed by atoms with E-state index in [2.05, 4.69) is 5.32 Å². The smallest absolute Gasteiger partial charge is 0.237 e. The van der Waals surface area contributed by atoms with Crippen LogP contribution in [0.3, 0.4) is 0 Å². The number of carbonyl (C=O) groups excluding carboxylic acids is 1. The summed E-state index contributed by atoms with van der Waals surface area (Å²) in [6.45, 7) is 1.87. The van der Waals surface area contributed by atoms with Gasteiger partial charge in [-0.2, -0.15) is 0 Å². The van der Waals surface area contributed by atoms with Crippen molar-refractivity contribution in [3.8, 4) is 0 Å². The minimum atomic E-state index is -3.08. The van der Waals surface area contributed by atoms with E-state index in [1.54, 1.807) is 11.3 Å². The quantitative estimate of drug-likeness (QED) is 0.806. The van der Waals surface area contributed by atoms with Gasteiger partial charge in [-0.05, 0) is 24.8 Å². The number of nitrogens with one attached hydrogen (secondary N) is 1. The maximum atomic E-state index is 11.7. The second kappa shape index (κ2) is 6.31. The Morgan fingerprint density at radius 3 is 2.72 bits per heavy atom. The van der Waals surface area contributed by atoms with E-state index in [-0.39, 0.29) is 24.1 Å². The van der Waals surface area contributed by atoms with E-state index in [0.29, 0.717) is 0 Å². The first-order valence-corrected chi connectivity index (χ1v) is 8.50. The van der Waals surface area contributed by atoms with Crippen LogP contribution in [0.25, 0.3) is 0 Å². The summed E-state index contributed by atoms with van der Waals surface area (Å²) in [6.07, 6.45) is 1.27. The highest BCUT2D eigenvalue weighted by Gasteiger charge is 2.18. The third-order valence-electron chi connectivity index (χ3n) is 2.47. The van der Waals surface area contributed by atoms with Gasteiger partial charge in [0.2, 0.25) is 5.91 Å². The molecule has 5 nitrogen and oxygen atoms in total. The molecule has 0 saturated heterocycles. The molecular formula is C11H18N2O3S2. The number of amides is 1. The lowest BCUT2D eigenvalue weighted by Gasteiger charge is -2.16. The molecule has 1 aromatic heterocycles. The van der Waals surface area contributed by atoms with E-state index < -0.39 is 15.9 Å². The van der Waals surface area contributed by atoms with Crippen molar-refractivity contribution in [2.45, 2.75) is 25.4 Å². The number of carbonyl (C=O) groups is 1. The van der Waals surface area contributed by atoms with Gasteiger partial charge in [-0.25, -0.2) is 8.42 Å². The summed E-state index contributed by atoms with van der Waals surface area (Å²) >= 11 is 1.55. The second-order valence-electron chi connectivity index (χ2n) is 4.27. The van der Waals surface area contributed by atoms with Crippen molar-refractivity contribution in [2.75, 3.05) is 12.0 Å². The Hall–Kier alpha value is -0.920. The Bertz CT molecular complexity index is 482. The highest BCUT2D eigenvalue weighted by Crippen LogP contribution is 2.18. The molecule has 1 amide bonds. The number of nitrogens with two attached hydrogens (primary N) is 1. The van der Waals surface area contributed by atoms with Gasteiger partial charge in [0.15, 0.2) is 0 Å². The van der Waals surface area contributed by atoms with Crippen LogP contribution in [0.2, 0.25) is 0 Å². The van der Waals surface area contributed by atoms with Crippen molar-refractivity contribution in [2.24, 2.45) is 5.73 Å². The topological polar surface area (TPSA) is 89.3 Å². The fraction of sp³-hybridized carbons (Fsp3) is 0.545. The summed E-state index contributed by atoms with van der Waals surface area (Å²) in [4.78, 5) is 12.8. The Kier molecular flexibility index (Phi) is 5.30. The monoisotopic (exact) mass is 290 g/mol. The molecule has 2 unspecified atom stereocenters. The summed E-state index contributed by atoms with van der Waals surface area (Å²) in [6, 6.07) is 2.94. The largest absolute Gasteiger partial charge is 0.347 e. The minimum Gasteiger partial charge on any atom is -0.347 e. The van der Waals surface area contributed by atoms with Gasteiger partial charge in [-0.3, -0.25) is 4.79 Å². The fourth-order valence-corrected chi connectivity index (χ4v) is 2.82. The molecule has 0 spiro atoms. The Morgan fingerprint density at radius 1 is 1.56 bits per heavy atom. The van der Waals surface area contributed by atoms with Crippen LogP contribution in [0.1, 0.15) is 24.3 Å². The lowest BCUT2D eigenvalue weighted by molar-refractivity contribution is -0.123. The molecule has 0 aliphatic rings. The van der Waals surface area contributed by atoms with Crippen LogP contribution in [-0.4, -0.2) is 32.4 Å². The van der Waals surface area contributed by atoms with E-state index in [1.807, 2.05) is 24.4 Å². The minimum absolute atomic E-state index is 0.0744. The van der Waals surface area contributed by atoms with E-state index >= 15 is 0 Å². The van der Waals surface area contributed by atoms with Gasteiger partial charge < -0.3 is 11.1 Å². The highest BCUT2D eigenvalue weighted by atomic mass is 32.2. The Morgan fingerprint density at radius 2 is 2.22 bits per heavy atom. The van der Waals surface area contributed by atoms with Gasteiger partial charge in [0, 0.05) is 11.1 Å². The van der Waals surface area contributed by atoms with Crippen LogP contribution in [-0.2, 0) is 14.6 Å². The van der Waals surface area contributed by atoms with Gasteiger partial charge in [-0.1, -0.05) is 6.07 Å². The van der Waals surface area contributed by atoms with Crippen LogP contribution in [0.4, 0.5) is 0 Å². The average Bonchev–Trinajstić information content (AvgIpc) is 2.77. The molecule has 7 heteroatoms. The molecule has 1 aromatic rings.